The first-order valence-corrected chi connectivity index (χ1v) is 12.0. The number of nitrogens with one attached hydrogen (secondary N) is 2. The maximum Gasteiger partial charge on any atom is 0.321 e. The van der Waals surface area contributed by atoms with E-state index in [1.165, 1.54) is 0 Å². The maximum atomic E-state index is 12.5. The van der Waals surface area contributed by atoms with E-state index >= 15 is 0 Å². The molecule has 3 aromatic carbocycles. The first kappa shape index (κ1) is 27.6. The number of anilines is 2. The molecule has 0 bridgehead atoms. The molecular weight excluding hydrogens is 546 g/mol. The largest absolute Gasteiger partial charge is 0.507 e. The minimum atomic E-state index is -1.32. The molecule has 0 aliphatic carbocycles. The summed E-state index contributed by atoms with van der Waals surface area (Å²) in [4.78, 5) is 33.6. The molecule has 0 aromatic heterocycles. The number of benzene rings is 3. The first-order chi connectivity index (χ1) is 17.5. The second-order valence-electron chi connectivity index (χ2n) is 8.44. The van der Waals surface area contributed by atoms with Crippen molar-refractivity contribution in [2.24, 2.45) is 10.2 Å². The van der Waals surface area contributed by atoms with Crippen LogP contribution in [0.25, 0.3) is 10.8 Å². The summed E-state index contributed by atoms with van der Waals surface area (Å²) in [7, 11) is 0. The summed E-state index contributed by atoms with van der Waals surface area (Å²) in [6.45, 7) is 3.56. The molecule has 0 aliphatic rings. The number of nitrogen functional groups attached to an aromatic ring is 1. The van der Waals surface area contributed by atoms with E-state index in [-0.39, 0.29) is 12.3 Å². The molecule has 0 fully saturated rings. The molecule has 0 radical (unpaired) electrons. The second kappa shape index (κ2) is 11.8. The van der Waals surface area contributed by atoms with Gasteiger partial charge in [-0.15, -0.1) is 5.11 Å². The highest BCUT2D eigenvalue weighted by atomic mass is 79.9. The lowest BCUT2D eigenvalue weighted by Gasteiger charge is -2.16. The van der Waals surface area contributed by atoms with E-state index in [4.69, 9.17) is 15.9 Å². The Hall–Kier alpha value is -4.03. The molecule has 0 saturated carbocycles. The number of hydrogen-bond donors (Lipinski definition) is 6. The lowest BCUT2D eigenvalue weighted by molar-refractivity contribution is -0.145. The van der Waals surface area contributed by atoms with E-state index in [0.29, 0.717) is 33.7 Å². The van der Waals surface area contributed by atoms with Crippen LogP contribution in [0.15, 0.2) is 52.7 Å². The van der Waals surface area contributed by atoms with Crippen LogP contribution in [0.5, 0.6) is 5.75 Å². The second-order valence-corrected chi connectivity index (χ2v) is 9.55. The van der Waals surface area contributed by atoms with Gasteiger partial charge >= 0.3 is 11.9 Å². The number of phenols is 1. The number of azo groups is 1. The summed E-state index contributed by atoms with van der Waals surface area (Å²) in [5.41, 5.74) is 9.42. The van der Waals surface area contributed by atoms with E-state index in [9.17, 15) is 19.5 Å². The van der Waals surface area contributed by atoms with Crippen molar-refractivity contribution in [2.45, 2.75) is 31.1 Å². The van der Waals surface area contributed by atoms with Crippen LogP contribution in [-0.2, 0) is 14.4 Å². The number of carbonyl (C=O) groups excluding carboxylic acids is 1. The molecule has 0 spiro atoms. The number of amides is 1. The fourth-order valence-electron chi connectivity index (χ4n) is 3.62. The Kier molecular flexibility index (Phi) is 8.79. The van der Waals surface area contributed by atoms with Gasteiger partial charge in [0.15, 0.2) is 0 Å². The zero-order valence-electron chi connectivity index (χ0n) is 20.0. The zero-order valence-corrected chi connectivity index (χ0v) is 21.6. The van der Waals surface area contributed by atoms with Crippen LogP contribution >= 0.6 is 15.9 Å². The van der Waals surface area contributed by atoms with Gasteiger partial charge in [-0.3, -0.25) is 14.4 Å². The third kappa shape index (κ3) is 7.02. The first-order valence-electron chi connectivity index (χ1n) is 11.1. The smallest absolute Gasteiger partial charge is 0.321 e. The Morgan fingerprint density at radius 3 is 2.43 bits per heavy atom. The molecule has 7 N–H and O–H groups in total. The molecule has 3 rings (SSSR count). The predicted molar refractivity (Wildman–Crippen MR) is 143 cm³/mol. The van der Waals surface area contributed by atoms with Crippen LogP contribution in [0.1, 0.15) is 17.5 Å². The van der Waals surface area contributed by atoms with E-state index in [1.54, 1.807) is 43.3 Å². The number of hydrogen-bond acceptors (Lipinski definition) is 8. The summed E-state index contributed by atoms with van der Waals surface area (Å²) < 4.78 is 0. The molecule has 3 aromatic rings. The number of carbonyl (C=O) groups is 3. The quantitative estimate of drug-likeness (QED) is 0.117. The van der Waals surface area contributed by atoms with Crippen molar-refractivity contribution in [3.8, 4) is 5.75 Å². The fraction of sp³-hybridized carbons (Fsp3) is 0.240. The summed E-state index contributed by atoms with van der Waals surface area (Å²) >= 11 is 3.18. The Morgan fingerprint density at radius 1 is 1.05 bits per heavy atom. The highest BCUT2D eigenvalue weighted by Crippen LogP contribution is 2.39. The highest BCUT2D eigenvalue weighted by Gasteiger charge is 2.23. The van der Waals surface area contributed by atoms with Crippen molar-refractivity contribution in [2.75, 3.05) is 17.6 Å². The summed E-state index contributed by atoms with van der Waals surface area (Å²) in [6.07, 6.45) is -0.616. The van der Waals surface area contributed by atoms with Gasteiger partial charge in [0, 0.05) is 12.2 Å². The maximum absolute atomic E-state index is 12.5. The summed E-state index contributed by atoms with van der Waals surface area (Å²) in [5.74, 6) is -2.98. The molecule has 0 heterocycles. The molecule has 1 amide bonds. The molecule has 194 valence electrons. The molecule has 37 heavy (non-hydrogen) atoms. The van der Waals surface area contributed by atoms with Crippen molar-refractivity contribution >= 4 is 67.3 Å². The van der Waals surface area contributed by atoms with Crippen LogP contribution < -0.4 is 16.4 Å². The molecule has 0 saturated heterocycles. The number of alkyl halides is 1. The number of carboxylic acids is 2. The van der Waals surface area contributed by atoms with Crippen molar-refractivity contribution in [1.29, 1.82) is 0 Å². The normalized spacial score (nSPS) is 12.9. The van der Waals surface area contributed by atoms with Gasteiger partial charge < -0.3 is 31.7 Å². The van der Waals surface area contributed by atoms with Gasteiger partial charge in [0.2, 0.25) is 5.91 Å². The monoisotopic (exact) mass is 571 g/mol. The molecule has 12 heteroatoms. The van der Waals surface area contributed by atoms with E-state index < -0.39 is 35.1 Å². The SMILES string of the molecule is Cc1cc(O)c2c(N=Nc3ccc(NC(=O)C(Br)CNC(CC(=O)O)C(=O)O)cc3C)c(N)ccc2c1. The van der Waals surface area contributed by atoms with Gasteiger partial charge in [-0.2, -0.15) is 5.11 Å². The summed E-state index contributed by atoms with van der Waals surface area (Å²) in [5, 5.41) is 43.5. The lowest BCUT2D eigenvalue weighted by Crippen LogP contribution is -2.43. The van der Waals surface area contributed by atoms with E-state index in [2.05, 4.69) is 36.8 Å². The average molecular weight is 572 g/mol. The van der Waals surface area contributed by atoms with Crippen LogP contribution in [-0.4, -0.2) is 50.6 Å². The number of phenolic OH excluding ortho intramolecular Hbond substituents is 1. The third-order valence-corrected chi connectivity index (χ3v) is 6.21. The van der Waals surface area contributed by atoms with Crippen molar-refractivity contribution in [3.05, 3.63) is 53.6 Å². The molecule has 0 aliphatic heterocycles. The number of halogens is 1. The van der Waals surface area contributed by atoms with E-state index in [0.717, 1.165) is 10.9 Å². The lowest BCUT2D eigenvalue weighted by atomic mass is 10.0. The average Bonchev–Trinajstić information content (AvgIpc) is 2.81. The van der Waals surface area contributed by atoms with Gasteiger partial charge in [0.25, 0.3) is 0 Å². The minimum absolute atomic E-state index is 0.0579. The minimum Gasteiger partial charge on any atom is -0.507 e. The van der Waals surface area contributed by atoms with Crippen molar-refractivity contribution in [1.82, 2.24) is 5.32 Å². The molecule has 2 unspecified atom stereocenters. The van der Waals surface area contributed by atoms with Crippen molar-refractivity contribution < 1.29 is 29.7 Å². The van der Waals surface area contributed by atoms with Gasteiger partial charge in [-0.05, 0) is 60.7 Å². The van der Waals surface area contributed by atoms with E-state index in [1.807, 2.05) is 13.0 Å². The molecule has 2 atom stereocenters. The number of aliphatic carboxylic acids is 2. The Balaban J connectivity index is 1.71. The Bertz CT molecular complexity index is 1390. The fourth-order valence-corrected chi connectivity index (χ4v) is 3.93. The number of fused-ring (bicyclic) bond motifs is 1. The van der Waals surface area contributed by atoms with Crippen molar-refractivity contribution in [3.63, 3.8) is 0 Å². The number of nitrogens with two attached hydrogens (primary N) is 1. The van der Waals surface area contributed by atoms with Gasteiger partial charge in [-0.25, -0.2) is 0 Å². The summed E-state index contributed by atoms with van der Waals surface area (Å²) in [6, 6.07) is 10.7. The van der Waals surface area contributed by atoms with Gasteiger partial charge in [0.05, 0.1) is 23.2 Å². The van der Waals surface area contributed by atoms with Crippen LogP contribution in [0.4, 0.5) is 22.7 Å². The number of rotatable bonds is 10. The van der Waals surface area contributed by atoms with Crippen LogP contribution in [0, 0.1) is 13.8 Å². The number of nitrogens with zero attached hydrogens (tertiary/aromatic N) is 2. The van der Waals surface area contributed by atoms with Gasteiger partial charge in [-0.1, -0.05) is 28.1 Å². The number of carboxylic acid groups (broad SMARTS) is 2. The Labute approximate surface area is 220 Å². The zero-order chi connectivity index (χ0) is 27.3. The topological polar surface area (TPSA) is 187 Å². The highest BCUT2D eigenvalue weighted by molar-refractivity contribution is 9.10. The third-order valence-electron chi connectivity index (χ3n) is 5.47. The van der Waals surface area contributed by atoms with Gasteiger partial charge in [0.1, 0.15) is 22.3 Å². The van der Waals surface area contributed by atoms with Crippen LogP contribution in [0.2, 0.25) is 0 Å². The standard InChI is InChI=1S/C25H26BrN5O6/c1-12-7-14-3-5-17(27)23(22(14)20(32)8-12)31-30-18-6-4-15(9-13(18)2)29-24(35)16(26)11-28-19(25(36)37)10-21(33)34/h3-9,16,19,28,32H,10-11,27H2,1-2H3,(H,29,35)(H,33,34)(H,36,37). The van der Waals surface area contributed by atoms with Crippen LogP contribution in [0.3, 0.4) is 0 Å². The predicted octanol–water partition coefficient (Wildman–Crippen LogP) is 4.38. The Morgan fingerprint density at radius 2 is 1.78 bits per heavy atom. The number of aryl methyl sites for hydroxylation is 2. The molecular formula is C25H26BrN5O6. The molecule has 11 nitrogen and oxygen atoms in total. The number of aromatic hydroxyl groups is 1.